The van der Waals surface area contributed by atoms with E-state index in [2.05, 4.69) is 33.2 Å². The van der Waals surface area contributed by atoms with E-state index in [1.54, 1.807) is 7.11 Å². The van der Waals surface area contributed by atoms with Gasteiger partial charge in [-0.25, -0.2) is 14.6 Å². The molecule has 0 saturated carbocycles. The second kappa shape index (κ2) is 18.7. The number of carbonyl (C=O) groups excluding carboxylic acids is 1. The minimum absolute atomic E-state index is 0.0760. The zero-order valence-electron chi connectivity index (χ0n) is 29.5. The van der Waals surface area contributed by atoms with E-state index < -0.39 is 0 Å². The van der Waals surface area contributed by atoms with Crippen LogP contribution in [0.25, 0.3) is 33.4 Å². The molecule has 2 aromatic carbocycles. The maximum Gasteiger partial charge on any atom is 0.292 e. The maximum atomic E-state index is 12.9. The summed E-state index contributed by atoms with van der Waals surface area (Å²) >= 11 is 0. The van der Waals surface area contributed by atoms with E-state index in [4.69, 9.17) is 49.4 Å². The summed E-state index contributed by atoms with van der Waals surface area (Å²) in [5.41, 5.74) is 18.8. The van der Waals surface area contributed by atoms with Gasteiger partial charge in [0.05, 0.1) is 91.0 Å². The van der Waals surface area contributed by atoms with Gasteiger partial charge < -0.3 is 49.2 Å². The van der Waals surface area contributed by atoms with Gasteiger partial charge in [-0.2, -0.15) is 10.1 Å². The van der Waals surface area contributed by atoms with Crippen LogP contribution in [0, 0.1) is 0 Å². The van der Waals surface area contributed by atoms with Crippen LogP contribution in [-0.2, 0) is 52.7 Å². The average Bonchev–Trinajstić information content (AvgIpc) is 3.72. The van der Waals surface area contributed by atoms with Crippen molar-refractivity contribution in [3.63, 3.8) is 0 Å². The number of aromatic nitrogens is 5. The molecule has 52 heavy (non-hydrogen) atoms. The van der Waals surface area contributed by atoms with Gasteiger partial charge in [-0.15, -0.1) is 0 Å². The molecule has 0 spiro atoms. The molecule has 16 nitrogen and oxygen atoms in total. The molecule has 1 amide bonds. The third-order valence-corrected chi connectivity index (χ3v) is 8.58. The van der Waals surface area contributed by atoms with Gasteiger partial charge in [0.15, 0.2) is 11.2 Å². The monoisotopic (exact) mass is 718 g/mol. The molecule has 6 rings (SSSR count). The first-order valence-corrected chi connectivity index (χ1v) is 17.4. The molecule has 5 aromatic rings. The minimum Gasteiger partial charge on any atom is -0.424 e. The van der Waals surface area contributed by atoms with Crippen molar-refractivity contribution in [1.82, 2.24) is 29.6 Å². The van der Waals surface area contributed by atoms with Crippen LogP contribution in [0.5, 0.6) is 0 Å². The second-order valence-electron chi connectivity index (χ2n) is 12.2. The summed E-state index contributed by atoms with van der Waals surface area (Å²) in [7, 11) is 1.64. The van der Waals surface area contributed by atoms with Gasteiger partial charge in [0, 0.05) is 25.8 Å². The van der Waals surface area contributed by atoms with E-state index in [-0.39, 0.29) is 11.9 Å². The summed E-state index contributed by atoms with van der Waals surface area (Å²) in [6.45, 7) is 7.08. The standard InChI is InChI=1S/C36H46N8O8/c1-46-10-11-48-14-15-50-18-19-51-17-16-49-13-12-47-9-7-31(45)43-8-6-26-20-25(2-3-28(26)23-43)22-44-35-32(34(37)39-24-40-35)33(42-44)27-4-5-30-29(21-27)41-36(38)52-30/h2-5,20-21,24H,6-19,22-23H2,1H3,(H2,38,41)(H2,37,39,40). The number of rotatable bonds is 21. The SMILES string of the molecule is COCCOCCOCCOCCOCCOCCC(=O)N1CCc2cc(Cn3nc(-c4ccc5oc(N)nc5c4)c4c(N)ncnc43)ccc2C1. The molecule has 1 aliphatic heterocycles. The van der Waals surface area contributed by atoms with Gasteiger partial charge in [-0.05, 0) is 41.3 Å². The molecule has 0 fully saturated rings. The molecule has 0 bridgehead atoms. The van der Waals surface area contributed by atoms with Crippen LogP contribution in [0.3, 0.4) is 0 Å². The number of nitrogen functional groups attached to an aromatic ring is 2. The number of carbonyl (C=O) groups is 1. The molecule has 0 atom stereocenters. The van der Waals surface area contributed by atoms with Crippen LogP contribution in [0.2, 0.25) is 0 Å². The number of ether oxygens (including phenoxy) is 6. The lowest BCUT2D eigenvalue weighted by atomic mass is 9.97. The Balaban J connectivity index is 0.910. The highest BCUT2D eigenvalue weighted by Gasteiger charge is 2.22. The normalized spacial score (nSPS) is 13.0. The number of benzene rings is 2. The minimum atomic E-state index is 0.0760. The van der Waals surface area contributed by atoms with Gasteiger partial charge in [0.25, 0.3) is 6.01 Å². The largest absolute Gasteiger partial charge is 0.424 e. The van der Waals surface area contributed by atoms with Crippen molar-refractivity contribution in [1.29, 1.82) is 0 Å². The smallest absolute Gasteiger partial charge is 0.292 e. The summed E-state index contributed by atoms with van der Waals surface area (Å²) in [5, 5.41) is 5.58. The zero-order valence-corrected chi connectivity index (χ0v) is 29.5. The van der Waals surface area contributed by atoms with E-state index in [0.717, 1.165) is 23.1 Å². The molecule has 4 N–H and O–H groups in total. The maximum absolute atomic E-state index is 12.9. The number of oxazole rings is 1. The highest BCUT2D eigenvalue weighted by Crippen LogP contribution is 2.33. The number of hydrogen-bond donors (Lipinski definition) is 2. The number of nitrogens with zero attached hydrogens (tertiary/aromatic N) is 6. The predicted molar refractivity (Wildman–Crippen MR) is 192 cm³/mol. The van der Waals surface area contributed by atoms with Crippen molar-refractivity contribution < 1.29 is 37.6 Å². The van der Waals surface area contributed by atoms with Crippen LogP contribution in [-0.4, -0.2) is 122 Å². The number of amides is 1. The summed E-state index contributed by atoms with van der Waals surface area (Å²) in [4.78, 5) is 27.8. The van der Waals surface area contributed by atoms with Crippen molar-refractivity contribution in [2.75, 3.05) is 97.8 Å². The Morgan fingerprint density at radius 1 is 0.827 bits per heavy atom. The van der Waals surface area contributed by atoms with Crippen LogP contribution in [0.15, 0.2) is 47.1 Å². The summed E-state index contributed by atoms with van der Waals surface area (Å²) in [5.74, 6) is 0.419. The molecule has 16 heteroatoms. The summed E-state index contributed by atoms with van der Waals surface area (Å²) in [6.07, 6.45) is 2.53. The average molecular weight is 719 g/mol. The topological polar surface area (TPSA) is 197 Å². The molecule has 1 aliphatic rings. The van der Waals surface area contributed by atoms with Gasteiger partial charge >= 0.3 is 0 Å². The first-order chi connectivity index (χ1) is 25.5. The van der Waals surface area contributed by atoms with Gasteiger partial charge in [-0.3, -0.25) is 4.79 Å². The number of anilines is 2. The van der Waals surface area contributed by atoms with Gasteiger partial charge in [0.2, 0.25) is 5.91 Å². The number of methoxy groups -OCH3 is 1. The van der Waals surface area contributed by atoms with Crippen LogP contribution < -0.4 is 11.5 Å². The van der Waals surface area contributed by atoms with Gasteiger partial charge in [-0.1, -0.05) is 18.2 Å². The van der Waals surface area contributed by atoms with Crippen LogP contribution >= 0.6 is 0 Å². The fourth-order valence-electron chi connectivity index (χ4n) is 5.97. The van der Waals surface area contributed by atoms with E-state index in [1.165, 1.54) is 11.9 Å². The van der Waals surface area contributed by atoms with Crippen molar-refractivity contribution in [3.8, 4) is 11.3 Å². The van der Waals surface area contributed by atoms with E-state index in [9.17, 15) is 4.79 Å². The van der Waals surface area contributed by atoms with Crippen molar-refractivity contribution in [2.45, 2.75) is 25.9 Å². The van der Waals surface area contributed by atoms with E-state index in [0.29, 0.717) is 132 Å². The Labute approximate surface area is 301 Å². The molecule has 3 aromatic heterocycles. The summed E-state index contributed by atoms with van der Waals surface area (Å²) in [6, 6.07) is 12.0. The molecule has 0 aliphatic carbocycles. The molecular weight excluding hydrogens is 672 g/mol. The molecular formula is C36H46N8O8. The first kappa shape index (κ1) is 37.1. The number of nitrogens with two attached hydrogens (primary N) is 2. The molecule has 0 saturated heterocycles. The highest BCUT2D eigenvalue weighted by atomic mass is 16.6. The number of hydrogen-bond acceptors (Lipinski definition) is 14. The second-order valence-corrected chi connectivity index (χ2v) is 12.2. The first-order valence-electron chi connectivity index (χ1n) is 17.4. The highest BCUT2D eigenvalue weighted by molar-refractivity contribution is 5.99. The quantitative estimate of drug-likeness (QED) is 0.105. The van der Waals surface area contributed by atoms with Crippen molar-refractivity contribution in [3.05, 3.63) is 59.4 Å². The Morgan fingerprint density at radius 2 is 1.52 bits per heavy atom. The van der Waals surface area contributed by atoms with Crippen molar-refractivity contribution >= 4 is 39.9 Å². The Kier molecular flexibility index (Phi) is 13.3. The Hall–Kier alpha value is -4.71. The Bertz CT molecular complexity index is 1910. The molecule has 0 radical (unpaired) electrons. The molecule has 278 valence electrons. The van der Waals surface area contributed by atoms with Crippen LogP contribution in [0.4, 0.5) is 11.8 Å². The van der Waals surface area contributed by atoms with Gasteiger partial charge in [0.1, 0.15) is 23.4 Å². The number of fused-ring (bicyclic) bond motifs is 3. The third-order valence-electron chi connectivity index (χ3n) is 8.58. The van der Waals surface area contributed by atoms with E-state index in [1.807, 2.05) is 27.8 Å². The lowest BCUT2D eigenvalue weighted by Crippen LogP contribution is -2.36. The van der Waals surface area contributed by atoms with Crippen LogP contribution in [0.1, 0.15) is 23.1 Å². The zero-order chi connectivity index (χ0) is 36.1. The fourth-order valence-corrected chi connectivity index (χ4v) is 5.97. The Morgan fingerprint density at radius 3 is 2.23 bits per heavy atom. The lowest BCUT2D eigenvalue weighted by molar-refractivity contribution is -0.133. The van der Waals surface area contributed by atoms with Crippen molar-refractivity contribution in [2.24, 2.45) is 0 Å². The van der Waals surface area contributed by atoms with E-state index >= 15 is 0 Å². The summed E-state index contributed by atoms with van der Waals surface area (Å²) < 4.78 is 39.6. The lowest BCUT2D eigenvalue weighted by Gasteiger charge is -2.29. The molecule has 4 heterocycles. The fraction of sp³-hybridized carbons (Fsp3) is 0.472. The molecule has 0 unspecified atom stereocenters. The third kappa shape index (κ3) is 9.78. The predicted octanol–water partition coefficient (Wildman–Crippen LogP) is 2.85.